The molecule has 2 fully saturated rings. The van der Waals surface area contributed by atoms with Crippen molar-refractivity contribution in [3.63, 3.8) is 0 Å². The maximum atomic E-state index is 12.7. The lowest BCUT2D eigenvalue weighted by molar-refractivity contribution is -0.0450. The summed E-state index contributed by atoms with van der Waals surface area (Å²) in [6, 6.07) is 7.66. The van der Waals surface area contributed by atoms with Crippen LogP contribution in [0.3, 0.4) is 0 Å². The molecule has 1 aliphatic carbocycles. The minimum atomic E-state index is 0.0297. The maximum absolute atomic E-state index is 12.7. The van der Waals surface area contributed by atoms with Gasteiger partial charge in [0.05, 0.1) is 49.5 Å². The van der Waals surface area contributed by atoms with E-state index < -0.39 is 0 Å². The van der Waals surface area contributed by atoms with Crippen molar-refractivity contribution in [1.82, 2.24) is 9.88 Å². The predicted octanol–water partition coefficient (Wildman–Crippen LogP) is 2.51. The zero-order valence-electron chi connectivity index (χ0n) is 14.0. The van der Waals surface area contributed by atoms with Crippen LogP contribution in [0.4, 0.5) is 0 Å². The fraction of sp³-hybridized carbons (Fsp3) is 0.474. The number of rotatable bonds is 5. The third-order valence-corrected chi connectivity index (χ3v) is 4.99. The maximum Gasteiger partial charge on any atom is 0.257 e. The summed E-state index contributed by atoms with van der Waals surface area (Å²) < 4.78 is 16.8. The molecule has 0 radical (unpaired) electrons. The largest absolute Gasteiger partial charge is 0.472 e. The van der Waals surface area contributed by atoms with E-state index in [1.165, 1.54) is 12.5 Å². The summed E-state index contributed by atoms with van der Waals surface area (Å²) >= 11 is 0. The van der Waals surface area contributed by atoms with Crippen LogP contribution in [0.25, 0.3) is 0 Å². The Bertz CT molecular complexity index is 689. The Morgan fingerprint density at radius 2 is 2.28 bits per heavy atom. The molecule has 2 aromatic heterocycles. The number of carbonyl (C=O) groups excluding carboxylic acids is 1. The van der Waals surface area contributed by atoms with Gasteiger partial charge in [0.1, 0.15) is 6.26 Å². The highest BCUT2D eigenvalue weighted by molar-refractivity contribution is 5.94. The molecule has 0 aromatic carbocycles. The summed E-state index contributed by atoms with van der Waals surface area (Å²) in [5.74, 6) is 0.429. The fourth-order valence-corrected chi connectivity index (χ4v) is 3.80. The topological polar surface area (TPSA) is 64.8 Å². The molecule has 1 aliphatic heterocycles. The predicted molar refractivity (Wildman–Crippen MR) is 89.9 cm³/mol. The van der Waals surface area contributed by atoms with Gasteiger partial charge in [-0.3, -0.25) is 9.78 Å². The molecule has 3 heterocycles. The average Bonchev–Trinajstić information content (AvgIpc) is 3.31. The highest BCUT2D eigenvalue weighted by Gasteiger charge is 2.43. The van der Waals surface area contributed by atoms with E-state index in [-0.39, 0.29) is 18.1 Å². The first-order chi connectivity index (χ1) is 12.3. The molecule has 2 aliphatic rings. The summed E-state index contributed by atoms with van der Waals surface area (Å²) in [5.41, 5.74) is 1.54. The van der Waals surface area contributed by atoms with Crippen LogP contribution < -0.4 is 0 Å². The van der Waals surface area contributed by atoms with E-state index in [1.54, 1.807) is 12.3 Å². The number of morpholine rings is 1. The van der Waals surface area contributed by atoms with E-state index in [4.69, 9.17) is 13.9 Å². The Kier molecular flexibility index (Phi) is 4.81. The first kappa shape index (κ1) is 16.3. The lowest BCUT2D eigenvalue weighted by atomic mass is 10.1. The standard InChI is InChI=1S/C19H22N2O4/c22-19(15-4-7-23-12-15)21-6-8-25-18-10-14(9-17(18)21)11-24-13-16-3-1-2-5-20-16/h1-5,7,12,14,17-18H,6,8-11,13H2. The number of pyridine rings is 1. The Labute approximate surface area is 146 Å². The second-order valence-electron chi connectivity index (χ2n) is 6.66. The molecule has 25 heavy (non-hydrogen) atoms. The number of amides is 1. The van der Waals surface area contributed by atoms with Gasteiger partial charge < -0.3 is 18.8 Å². The van der Waals surface area contributed by atoms with Gasteiger partial charge >= 0.3 is 0 Å². The van der Waals surface area contributed by atoms with Gasteiger partial charge in [-0.15, -0.1) is 0 Å². The Hall–Kier alpha value is -2.18. The fourth-order valence-electron chi connectivity index (χ4n) is 3.80. The van der Waals surface area contributed by atoms with Crippen LogP contribution in [0.2, 0.25) is 0 Å². The van der Waals surface area contributed by atoms with Gasteiger partial charge in [0.2, 0.25) is 0 Å². The molecular formula is C19H22N2O4. The van der Waals surface area contributed by atoms with Crippen molar-refractivity contribution < 1.29 is 18.7 Å². The molecule has 6 heteroatoms. The molecule has 3 atom stereocenters. The molecule has 0 N–H and O–H groups in total. The van der Waals surface area contributed by atoms with Gasteiger partial charge in [0.25, 0.3) is 5.91 Å². The van der Waals surface area contributed by atoms with Crippen LogP contribution in [-0.4, -0.2) is 47.7 Å². The molecule has 0 bridgehead atoms. The van der Waals surface area contributed by atoms with Gasteiger partial charge in [-0.1, -0.05) is 6.07 Å². The first-order valence-electron chi connectivity index (χ1n) is 8.73. The number of fused-ring (bicyclic) bond motifs is 1. The summed E-state index contributed by atoms with van der Waals surface area (Å²) in [4.78, 5) is 18.9. The molecule has 132 valence electrons. The molecule has 1 amide bonds. The third-order valence-electron chi connectivity index (χ3n) is 4.99. The van der Waals surface area contributed by atoms with Crippen molar-refractivity contribution in [2.45, 2.75) is 31.6 Å². The summed E-state index contributed by atoms with van der Waals surface area (Å²) in [5, 5.41) is 0. The SMILES string of the molecule is O=C(c1ccoc1)N1CCOC2CC(COCc3ccccn3)CC21. The number of ether oxygens (including phenoxy) is 2. The number of aromatic nitrogens is 1. The minimum Gasteiger partial charge on any atom is -0.472 e. The van der Waals surface area contributed by atoms with Gasteiger partial charge in [-0.25, -0.2) is 0 Å². The second kappa shape index (κ2) is 7.37. The highest BCUT2D eigenvalue weighted by atomic mass is 16.5. The monoisotopic (exact) mass is 342 g/mol. The molecule has 4 rings (SSSR count). The van der Waals surface area contributed by atoms with Gasteiger partial charge in [-0.05, 0) is 37.0 Å². The van der Waals surface area contributed by atoms with Gasteiger partial charge in [0, 0.05) is 12.7 Å². The van der Waals surface area contributed by atoms with Crippen LogP contribution in [-0.2, 0) is 16.1 Å². The van der Waals surface area contributed by atoms with Crippen molar-refractivity contribution in [2.24, 2.45) is 5.92 Å². The number of nitrogens with zero attached hydrogens (tertiary/aromatic N) is 2. The number of furan rings is 1. The Morgan fingerprint density at radius 3 is 3.08 bits per heavy atom. The molecular weight excluding hydrogens is 320 g/mol. The zero-order valence-corrected chi connectivity index (χ0v) is 14.0. The van der Waals surface area contributed by atoms with E-state index in [0.717, 1.165) is 18.5 Å². The molecule has 1 saturated carbocycles. The molecule has 2 aromatic rings. The molecule has 6 nitrogen and oxygen atoms in total. The van der Waals surface area contributed by atoms with Gasteiger partial charge in [-0.2, -0.15) is 0 Å². The van der Waals surface area contributed by atoms with E-state index in [0.29, 0.717) is 37.8 Å². The van der Waals surface area contributed by atoms with Crippen molar-refractivity contribution in [1.29, 1.82) is 0 Å². The quantitative estimate of drug-likeness (QED) is 0.835. The van der Waals surface area contributed by atoms with Crippen LogP contribution in [0.1, 0.15) is 28.9 Å². The lowest BCUT2D eigenvalue weighted by Gasteiger charge is -2.37. The van der Waals surface area contributed by atoms with Crippen molar-refractivity contribution in [2.75, 3.05) is 19.8 Å². The van der Waals surface area contributed by atoms with Crippen LogP contribution in [0.15, 0.2) is 47.4 Å². The smallest absolute Gasteiger partial charge is 0.257 e. The van der Waals surface area contributed by atoms with Crippen molar-refractivity contribution >= 4 is 5.91 Å². The molecule has 3 unspecified atom stereocenters. The third kappa shape index (κ3) is 3.60. The normalized spacial score (nSPS) is 25.8. The summed E-state index contributed by atoms with van der Waals surface area (Å²) in [7, 11) is 0. The number of hydrogen-bond acceptors (Lipinski definition) is 5. The zero-order chi connectivity index (χ0) is 17.1. The van der Waals surface area contributed by atoms with E-state index in [2.05, 4.69) is 4.98 Å². The number of carbonyl (C=O) groups is 1. The molecule has 0 spiro atoms. The Morgan fingerprint density at radius 1 is 1.32 bits per heavy atom. The van der Waals surface area contributed by atoms with Crippen LogP contribution >= 0.6 is 0 Å². The Balaban J connectivity index is 1.33. The summed E-state index contributed by atoms with van der Waals surface area (Å²) in [6.07, 6.45) is 6.77. The molecule has 1 saturated heterocycles. The van der Waals surface area contributed by atoms with Crippen molar-refractivity contribution in [3.8, 4) is 0 Å². The van der Waals surface area contributed by atoms with E-state index in [1.807, 2.05) is 23.1 Å². The lowest BCUT2D eigenvalue weighted by Crippen LogP contribution is -2.51. The van der Waals surface area contributed by atoms with Crippen LogP contribution in [0.5, 0.6) is 0 Å². The van der Waals surface area contributed by atoms with Gasteiger partial charge in [0.15, 0.2) is 0 Å². The minimum absolute atomic E-state index is 0.0297. The second-order valence-corrected chi connectivity index (χ2v) is 6.66. The van der Waals surface area contributed by atoms with E-state index in [9.17, 15) is 4.79 Å². The van der Waals surface area contributed by atoms with Crippen LogP contribution in [0, 0.1) is 5.92 Å². The highest BCUT2D eigenvalue weighted by Crippen LogP contribution is 2.35. The van der Waals surface area contributed by atoms with Crippen molar-refractivity contribution in [3.05, 3.63) is 54.2 Å². The first-order valence-corrected chi connectivity index (χ1v) is 8.73. The van der Waals surface area contributed by atoms with E-state index >= 15 is 0 Å². The average molecular weight is 342 g/mol. The number of hydrogen-bond donors (Lipinski definition) is 0. The summed E-state index contributed by atoms with van der Waals surface area (Å²) in [6.45, 7) is 2.41.